The van der Waals surface area contributed by atoms with Crippen LogP contribution in [0.2, 0.25) is 0 Å². The highest BCUT2D eigenvalue weighted by Crippen LogP contribution is 2.36. The Morgan fingerprint density at radius 3 is 2.46 bits per heavy atom. The maximum atomic E-state index is 13.3. The first kappa shape index (κ1) is 19.0. The van der Waals surface area contributed by atoms with Crippen LogP contribution in [0.1, 0.15) is 24.8 Å². The Balaban J connectivity index is 1.49. The lowest BCUT2D eigenvalue weighted by atomic mass is 9.73. The predicted molar refractivity (Wildman–Crippen MR) is 111 cm³/mol. The minimum absolute atomic E-state index is 0.0513. The molecule has 28 heavy (non-hydrogen) atoms. The van der Waals surface area contributed by atoms with E-state index in [2.05, 4.69) is 22.3 Å². The van der Waals surface area contributed by atoms with Crippen molar-refractivity contribution in [2.45, 2.75) is 30.8 Å². The number of benzene rings is 2. The van der Waals surface area contributed by atoms with Gasteiger partial charge >= 0.3 is 0 Å². The van der Waals surface area contributed by atoms with Crippen LogP contribution in [0.5, 0.6) is 0 Å². The molecule has 0 spiro atoms. The van der Waals surface area contributed by atoms with E-state index < -0.39 is 5.41 Å². The molecule has 2 aliphatic heterocycles. The van der Waals surface area contributed by atoms with Gasteiger partial charge in [-0.1, -0.05) is 30.3 Å². The summed E-state index contributed by atoms with van der Waals surface area (Å²) in [5.41, 5.74) is 2.54. The largest absolute Gasteiger partial charge is 0.381 e. The van der Waals surface area contributed by atoms with Crippen LogP contribution in [0.15, 0.2) is 54.6 Å². The van der Waals surface area contributed by atoms with Crippen molar-refractivity contribution in [1.82, 2.24) is 0 Å². The van der Waals surface area contributed by atoms with Crippen LogP contribution in [-0.2, 0) is 19.7 Å². The molecular formula is C23H28N2O3. The van der Waals surface area contributed by atoms with E-state index in [0.717, 1.165) is 30.8 Å². The number of amides is 1. The van der Waals surface area contributed by atoms with Crippen LogP contribution in [0.3, 0.4) is 0 Å². The third kappa shape index (κ3) is 3.77. The Kier molecular flexibility index (Phi) is 5.64. The van der Waals surface area contributed by atoms with Crippen LogP contribution in [-0.4, -0.2) is 45.4 Å². The Morgan fingerprint density at radius 2 is 1.82 bits per heavy atom. The normalized spacial score (nSPS) is 21.5. The molecule has 2 heterocycles. The van der Waals surface area contributed by atoms with Gasteiger partial charge in [0.2, 0.25) is 5.91 Å². The number of nitrogens with one attached hydrogen (secondary N) is 1. The van der Waals surface area contributed by atoms with Crippen LogP contribution in [0.4, 0.5) is 11.4 Å². The molecule has 0 radical (unpaired) electrons. The van der Waals surface area contributed by atoms with Crippen molar-refractivity contribution >= 4 is 17.3 Å². The lowest BCUT2D eigenvalue weighted by Gasteiger charge is -2.36. The molecule has 1 amide bonds. The summed E-state index contributed by atoms with van der Waals surface area (Å²) in [7, 11) is 1.77. The van der Waals surface area contributed by atoms with Crippen LogP contribution >= 0.6 is 0 Å². The average Bonchev–Trinajstić information content (AvgIpc) is 3.25. The fourth-order valence-electron chi connectivity index (χ4n) is 4.29. The number of hydrogen-bond donors (Lipinski definition) is 1. The summed E-state index contributed by atoms with van der Waals surface area (Å²) < 4.78 is 11.0. The van der Waals surface area contributed by atoms with Gasteiger partial charge in [-0.2, -0.15) is 0 Å². The van der Waals surface area contributed by atoms with Crippen molar-refractivity contribution in [3.05, 3.63) is 60.2 Å². The van der Waals surface area contributed by atoms with Gasteiger partial charge in [0.1, 0.15) is 0 Å². The summed E-state index contributed by atoms with van der Waals surface area (Å²) in [6, 6.07) is 18.2. The van der Waals surface area contributed by atoms with Crippen molar-refractivity contribution in [2.24, 2.45) is 0 Å². The van der Waals surface area contributed by atoms with Crippen molar-refractivity contribution in [2.75, 3.05) is 43.6 Å². The molecular weight excluding hydrogens is 352 g/mol. The summed E-state index contributed by atoms with van der Waals surface area (Å²) in [5.74, 6) is 0.0513. The number of anilines is 2. The van der Waals surface area contributed by atoms with E-state index in [1.54, 1.807) is 7.11 Å². The molecule has 5 nitrogen and oxygen atoms in total. The lowest BCUT2D eigenvalue weighted by molar-refractivity contribution is -0.125. The summed E-state index contributed by atoms with van der Waals surface area (Å²) in [6.07, 6.45) is 2.76. The third-order valence-corrected chi connectivity index (χ3v) is 6.08. The molecule has 1 N–H and O–H groups in total. The van der Waals surface area contributed by atoms with Crippen LogP contribution in [0.25, 0.3) is 0 Å². The molecule has 148 valence electrons. The SMILES string of the molecule is CO[C@H]1CCN(c2ccc(NC(=O)C3(c4ccccc4)CCOCC3)cc2)C1. The van der Waals surface area contributed by atoms with Gasteiger partial charge in [0.15, 0.2) is 0 Å². The number of nitrogens with zero attached hydrogens (tertiary/aromatic N) is 1. The molecule has 4 rings (SSSR count). The number of ether oxygens (including phenoxy) is 2. The Morgan fingerprint density at radius 1 is 1.11 bits per heavy atom. The standard InChI is InChI=1S/C23H28N2O3/c1-27-21-11-14-25(17-21)20-9-7-19(8-10-20)24-22(26)23(12-15-28-16-13-23)18-5-3-2-4-6-18/h2-10,21H,11-17H2,1H3,(H,24,26)/t21-/m0/s1. The van der Waals surface area contributed by atoms with Gasteiger partial charge < -0.3 is 19.7 Å². The van der Waals surface area contributed by atoms with Crippen molar-refractivity contribution in [3.8, 4) is 0 Å². The minimum atomic E-state index is -0.529. The van der Waals surface area contributed by atoms with E-state index in [1.165, 1.54) is 5.69 Å². The summed E-state index contributed by atoms with van der Waals surface area (Å²) >= 11 is 0. The Labute approximate surface area is 166 Å². The van der Waals surface area contributed by atoms with Gasteiger partial charge in [-0.15, -0.1) is 0 Å². The van der Waals surface area contributed by atoms with E-state index in [1.807, 2.05) is 42.5 Å². The summed E-state index contributed by atoms with van der Waals surface area (Å²) in [5, 5.41) is 3.15. The van der Waals surface area contributed by atoms with E-state index in [0.29, 0.717) is 32.2 Å². The first-order valence-electron chi connectivity index (χ1n) is 10.0. The second kappa shape index (κ2) is 8.33. The van der Waals surface area contributed by atoms with Crippen LogP contribution in [0, 0.1) is 0 Å². The van der Waals surface area contributed by atoms with Crippen molar-refractivity contribution < 1.29 is 14.3 Å². The third-order valence-electron chi connectivity index (χ3n) is 6.08. The molecule has 0 bridgehead atoms. The molecule has 0 aromatic heterocycles. The topological polar surface area (TPSA) is 50.8 Å². The van der Waals surface area contributed by atoms with Crippen LogP contribution < -0.4 is 10.2 Å². The number of methoxy groups -OCH3 is 1. The molecule has 2 saturated heterocycles. The smallest absolute Gasteiger partial charge is 0.235 e. The molecule has 2 aromatic carbocycles. The number of hydrogen-bond acceptors (Lipinski definition) is 4. The molecule has 5 heteroatoms. The summed E-state index contributed by atoms with van der Waals surface area (Å²) in [6.45, 7) is 3.13. The van der Waals surface area contributed by atoms with Gasteiger partial charge in [0.05, 0.1) is 11.5 Å². The molecule has 0 aliphatic carbocycles. The zero-order chi connectivity index (χ0) is 19.4. The monoisotopic (exact) mass is 380 g/mol. The maximum Gasteiger partial charge on any atom is 0.235 e. The first-order valence-corrected chi connectivity index (χ1v) is 10.0. The maximum absolute atomic E-state index is 13.3. The van der Waals surface area contributed by atoms with Gasteiger partial charge in [-0.3, -0.25) is 4.79 Å². The highest BCUT2D eigenvalue weighted by atomic mass is 16.5. The number of rotatable bonds is 5. The Hall–Kier alpha value is -2.37. The van der Waals surface area contributed by atoms with Gasteiger partial charge in [-0.25, -0.2) is 0 Å². The lowest BCUT2D eigenvalue weighted by Crippen LogP contribution is -2.44. The van der Waals surface area contributed by atoms with Crippen molar-refractivity contribution in [3.63, 3.8) is 0 Å². The van der Waals surface area contributed by atoms with Gasteiger partial charge in [0, 0.05) is 44.8 Å². The number of carbonyl (C=O) groups is 1. The second-order valence-corrected chi connectivity index (χ2v) is 7.65. The Bertz CT molecular complexity index is 785. The zero-order valence-electron chi connectivity index (χ0n) is 16.4. The molecule has 2 aromatic rings. The fraction of sp³-hybridized carbons (Fsp3) is 0.435. The van der Waals surface area contributed by atoms with E-state index in [4.69, 9.17) is 9.47 Å². The fourth-order valence-corrected chi connectivity index (χ4v) is 4.29. The van der Waals surface area contributed by atoms with Gasteiger partial charge in [0.25, 0.3) is 0 Å². The van der Waals surface area contributed by atoms with E-state index >= 15 is 0 Å². The second-order valence-electron chi connectivity index (χ2n) is 7.65. The highest BCUT2D eigenvalue weighted by molar-refractivity contribution is 5.99. The van der Waals surface area contributed by atoms with Gasteiger partial charge in [-0.05, 0) is 49.1 Å². The zero-order valence-corrected chi connectivity index (χ0v) is 16.4. The van der Waals surface area contributed by atoms with E-state index in [-0.39, 0.29) is 5.91 Å². The average molecular weight is 380 g/mol. The predicted octanol–water partition coefficient (Wildman–Crippen LogP) is 3.60. The molecule has 0 saturated carbocycles. The quantitative estimate of drug-likeness (QED) is 0.861. The van der Waals surface area contributed by atoms with Crippen molar-refractivity contribution in [1.29, 1.82) is 0 Å². The highest BCUT2D eigenvalue weighted by Gasteiger charge is 2.41. The molecule has 0 unspecified atom stereocenters. The number of carbonyl (C=O) groups excluding carboxylic acids is 1. The first-order chi connectivity index (χ1) is 13.7. The molecule has 2 fully saturated rings. The summed E-state index contributed by atoms with van der Waals surface area (Å²) in [4.78, 5) is 15.6. The molecule has 2 aliphatic rings. The van der Waals surface area contributed by atoms with E-state index in [9.17, 15) is 4.79 Å². The minimum Gasteiger partial charge on any atom is -0.381 e. The molecule has 1 atom stereocenters.